The second-order valence-electron chi connectivity index (χ2n) is 3.23. The molecule has 0 amide bonds. The number of rotatable bonds is 3. The van der Waals surface area contributed by atoms with Crippen molar-refractivity contribution >= 4 is 5.97 Å². The Bertz CT molecular complexity index is 454. The molecule has 1 aromatic heterocycles. The molecule has 0 saturated heterocycles. The van der Waals surface area contributed by atoms with Gasteiger partial charge in [0.2, 0.25) is 0 Å². The monoisotopic (exact) mass is 231 g/mol. The number of nitrogens with one attached hydrogen (secondary N) is 1. The summed E-state index contributed by atoms with van der Waals surface area (Å²) in [5.74, 6) is -0.657. The van der Waals surface area contributed by atoms with Crippen molar-refractivity contribution in [3.05, 3.63) is 33.2 Å². The normalized spacial score (nSPS) is 10.6. The molecular formula is C10H11F2NO3. The van der Waals surface area contributed by atoms with Crippen LogP contribution in [0.1, 0.15) is 23.1 Å². The van der Waals surface area contributed by atoms with Crippen LogP contribution in [0.4, 0.5) is 8.78 Å². The van der Waals surface area contributed by atoms with E-state index in [0.29, 0.717) is 0 Å². The van der Waals surface area contributed by atoms with Gasteiger partial charge in [-0.2, -0.15) is 0 Å². The van der Waals surface area contributed by atoms with Crippen LogP contribution in [-0.4, -0.2) is 18.1 Å². The van der Waals surface area contributed by atoms with Gasteiger partial charge in [-0.05, 0) is 12.5 Å². The van der Waals surface area contributed by atoms with E-state index < -0.39 is 18.0 Å². The summed E-state index contributed by atoms with van der Waals surface area (Å²) in [6.07, 6.45) is -2.14. The predicted molar refractivity (Wildman–Crippen MR) is 52.5 cm³/mol. The van der Waals surface area contributed by atoms with Gasteiger partial charge in [-0.15, -0.1) is 0 Å². The number of pyridine rings is 1. The van der Waals surface area contributed by atoms with E-state index >= 15 is 0 Å². The first-order valence-electron chi connectivity index (χ1n) is 4.53. The maximum Gasteiger partial charge on any atom is 0.310 e. The van der Waals surface area contributed by atoms with Crippen LogP contribution in [0.25, 0.3) is 0 Å². The van der Waals surface area contributed by atoms with Crippen molar-refractivity contribution < 1.29 is 18.3 Å². The number of aromatic nitrogens is 1. The summed E-state index contributed by atoms with van der Waals surface area (Å²) in [7, 11) is 1.16. The van der Waals surface area contributed by atoms with E-state index in [1.165, 1.54) is 6.92 Å². The first-order chi connectivity index (χ1) is 7.47. The minimum absolute atomic E-state index is 0.0330. The quantitative estimate of drug-likeness (QED) is 0.798. The average molecular weight is 231 g/mol. The van der Waals surface area contributed by atoms with E-state index in [-0.39, 0.29) is 23.1 Å². The van der Waals surface area contributed by atoms with Crippen LogP contribution in [0.3, 0.4) is 0 Å². The lowest BCUT2D eigenvalue weighted by molar-refractivity contribution is -0.139. The predicted octanol–water partition coefficient (Wildman–Crippen LogP) is 1.34. The van der Waals surface area contributed by atoms with Gasteiger partial charge in [-0.1, -0.05) is 0 Å². The van der Waals surface area contributed by atoms with Gasteiger partial charge < -0.3 is 9.72 Å². The molecule has 16 heavy (non-hydrogen) atoms. The Morgan fingerprint density at radius 3 is 2.69 bits per heavy atom. The van der Waals surface area contributed by atoms with Crippen molar-refractivity contribution in [2.45, 2.75) is 19.8 Å². The summed E-state index contributed by atoms with van der Waals surface area (Å²) in [6, 6.07) is 0. The summed E-state index contributed by atoms with van der Waals surface area (Å²) >= 11 is 0. The van der Waals surface area contributed by atoms with Crippen LogP contribution < -0.4 is 5.56 Å². The standard InChI is InChI=1S/C10H11F2NO3/c1-5-6(3-8(14)16-2)7(9(11)12)4-13-10(5)15/h4,9H,3H2,1-2H3,(H,13,15). The molecule has 0 radical (unpaired) electrons. The second kappa shape index (κ2) is 4.87. The minimum atomic E-state index is -2.74. The Labute approximate surface area is 90.2 Å². The van der Waals surface area contributed by atoms with Crippen LogP contribution in [-0.2, 0) is 16.0 Å². The van der Waals surface area contributed by atoms with Gasteiger partial charge in [0.05, 0.1) is 13.5 Å². The fourth-order valence-electron chi connectivity index (χ4n) is 1.34. The largest absolute Gasteiger partial charge is 0.469 e. The van der Waals surface area contributed by atoms with E-state index in [0.717, 1.165) is 13.3 Å². The van der Waals surface area contributed by atoms with Crippen LogP contribution >= 0.6 is 0 Å². The maximum absolute atomic E-state index is 12.6. The van der Waals surface area contributed by atoms with E-state index in [1.54, 1.807) is 0 Å². The van der Waals surface area contributed by atoms with E-state index in [4.69, 9.17) is 0 Å². The van der Waals surface area contributed by atoms with Crippen molar-refractivity contribution in [1.82, 2.24) is 4.98 Å². The van der Waals surface area contributed by atoms with E-state index in [1.807, 2.05) is 0 Å². The SMILES string of the molecule is COC(=O)Cc1c(C(F)F)c[nH]c(=O)c1C. The zero-order valence-electron chi connectivity index (χ0n) is 8.84. The van der Waals surface area contributed by atoms with Gasteiger partial charge in [0, 0.05) is 17.3 Å². The third kappa shape index (κ3) is 2.44. The third-order valence-electron chi connectivity index (χ3n) is 2.28. The summed E-state index contributed by atoms with van der Waals surface area (Å²) in [4.78, 5) is 24.5. The number of H-pyrrole nitrogens is 1. The zero-order valence-corrected chi connectivity index (χ0v) is 8.84. The van der Waals surface area contributed by atoms with Gasteiger partial charge in [-0.3, -0.25) is 9.59 Å². The maximum atomic E-state index is 12.6. The molecule has 0 atom stereocenters. The molecule has 0 unspecified atom stereocenters. The zero-order chi connectivity index (χ0) is 12.3. The molecule has 0 aliphatic rings. The van der Waals surface area contributed by atoms with Crippen molar-refractivity contribution in [3.63, 3.8) is 0 Å². The van der Waals surface area contributed by atoms with Crippen LogP contribution in [0.15, 0.2) is 11.0 Å². The third-order valence-corrected chi connectivity index (χ3v) is 2.28. The highest BCUT2D eigenvalue weighted by atomic mass is 19.3. The summed E-state index contributed by atoms with van der Waals surface area (Å²) in [5.41, 5.74) is -0.681. The summed E-state index contributed by atoms with van der Waals surface area (Å²) < 4.78 is 29.6. The van der Waals surface area contributed by atoms with Gasteiger partial charge in [0.15, 0.2) is 0 Å². The Hall–Kier alpha value is -1.72. The Balaban J connectivity index is 3.26. The van der Waals surface area contributed by atoms with E-state index in [2.05, 4.69) is 9.72 Å². The average Bonchev–Trinajstić information content (AvgIpc) is 2.24. The van der Waals surface area contributed by atoms with Gasteiger partial charge in [-0.25, -0.2) is 8.78 Å². The molecule has 88 valence electrons. The molecule has 1 heterocycles. The number of carbonyl (C=O) groups is 1. The molecule has 1 N–H and O–H groups in total. The number of hydrogen-bond acceptors (Lipinski definition) is 3. The van der Waals surface area contributed by atoms with Crippen LogP contribution in [0, 0.1) is 6.92 Å². The second-order valence-corrected chi connectivity index (χ2v) is 3.23. The lowest BCUT2D eigenvalue weighted by Gasteiger charge is -2.09. The first-order valence-corrected chi connectivity index (χ1v) is 4.53. The Kier molecular flexibility index (Phi) is 3.76. The number of ether oxygens (including phenoxy) is 1. The number of esters is 1. The minimum Gasteiger partial charge on any atom is -0.469 e. The smallest absolute Gasteiger partial charge is 0.310 e. The fraction of sp³-hybridized carbons (Fsp3) is 0.400. The number of aromatic amines is 1. The number of carbonyl (C=O) groups excluding carboxylic acids is 1. The fourth-order valence-corrected chi connectivity index (χ4v) is 1.34. The van der Waals surface area contributed by atoms with E-state index in [9.17, 15) is 18.4 Å². The van der Waals surface area contributed by atoms with Crippen LogP contribution in [0.5, 0.6) is 0 Å². The molecule has 0 bridgehead atoms. The van der Waals surface area contributed by atoms with Crippen molar-refractivity contribution in [3.8, 4) is 0 Å². The number of hydrogen-bond donors (Lipinski definition) is 1. The molecule has 0 spiro atoms. The molecule has 0 saturated carbocycles. The lowest BCUT2D eigenvalue weighted by Crippen LogP contribution is -2.17. The van der Waals surface area contributed by atoms with Gasteiger partial charge >= 0.3 is 5.97 Å². The Morgan fingerprint density at radius 2 is 2.19 bits per heavy atom. The molecule has 1 aromatic rings. The number of alkyl halides is 2. The molecular weight excluding hydrogens is 220 g/mol. The first kappa shape index (κ1) is 12.4. The highest BCUT2D eigenvalue weighted by Gasteiger charge is 2.19. The highest BCUT2D eigenvalue weighted by Crippen LogP contribution is 2.23. The van der Waals surface area contributed by atoms with Crippen molar-refractivity contribution in [2.75, 3.05) is 7.11 Å². The molecule has 0 fully saturated rings. The van der Waals surface area contributed by atoms with Crippen molar-refractivity contribution in [2.24, 2.45) is 0 Å². The molecule has 0 aromatic carbocycles. The molecule has 0 aliphatic heterocycles. The molecule has 1 rings (SSSR count). The van der Waals surface area contributed by atoms with Gasteiger partial charge in [0.1, 0.15) is 0 Å². The van der Waals surface area contributed by atoms with Crippen LogP contribution in [0.2, 0.25) is 0 Å². The molecule has 6 heteroatoms. The lowest BCUT2D eigenvalue weighted by atomic mass is 10.0. The van der Waals surface area contributed by atoms with Crippen molar-refractivity contribution in [1.29, 1.82) is 0 Å². The molecule has 0 aliphatic carbocycles. The summed E-state index contributed by atoms with van der Waals surface area (Å²) in [6.45, 7) is 1.39. The number of methoxy groups -OCH3 is 1. The highest BCUT2D eigenvalue weighted by molar-refractivity contribution is 5.73. The Morgan fingerprint density at radius 1 is 1.56 bits per heavy atom. The topological polar surface area (TPSA) is 59.2 Å². The summed E-state index contributed by atoms with van der Waals surface area (Å²) in [5, 5.41) is 0. The number of halogens is 2. The molecule has 4 nitrogen and oxygen atoms in total. The van der Waals surface area contributed by atoms with Gasteiger partial charge in [0.25, 0.3) is 12.0 Å².